The zero-order valence-electron chi connectivity index (χ0n) is 36.6. The van der Waals surface area contributed by atoms with Crippen molar-refractivity contribution >= 4 is 51.4 Å². The van der Waals surface area contributed by atoms with Gasteiger partial charge in [0.25, 0.3) is 0 Å². The number of anilines is 2. The molecule has 60 heavy (non-hydrogen) atoms. The van der Waals surface area contributed by atoms with Crippen molar-refractivity contribution in [1.82, 2.24) is 14.8 Å². The summed E-state index contributed by atoms with van der Waals surface area (Å²) in [6.07, 6.45) is 13.9. The van der Waals surface area contributed by atoms with Gasteiger partial charge in [0.1, 0.15) is 17.4 Å². The van der Waals surface area contributed by atoms with E-state index in [2.05, 4.69) is 26.2 Å². The van der Waals surface area contributed by atoms with Gasteiger partial charge in [-0.1, -0.05) is 42.5 Å². The average Bonchev–Trinajstić information content (AvgIpc) is 3.22. The van der Waals surface area contributed by atoms with Gasteiger partial charge in [0.05, 0.1) is 53.3 Å². The summed E-state index contributed by atoms with van der Waals surface area (Å²) in [6.45, 7) is 16.0. The Morgan fingerprint density at radius 3 is 1.92 bits per heavy atom. The number of nitrogens with one attached hydrogen (secondary N) is 1. The summed E-state index contributed by atoms with van der Waals surface area (Å²) in [5, 5.41) is 14.6. The second kappa shape index (κ2) is 26.7. The molecule has 1 fully saturated rings. The SMILES string of the molecule is COc1cc(Nc2c(C#N)cnc3cc(OCCCN4CCN(CCCCCCOCCCCCOCCCCCC(=O)OC(C)(C)C)CC4)c(OC)cc23)c(Cl)cc1Cl. The van der Waals surface area contributed by atoms with Crippen molar-refractivity contribution in [3.8, 4) is 23.3 Å². The Bertz CT molecular complexity index is 1790. The van der Waals surface area contributed by atoms with Crippen LogP contribution in [0.4, 0.5) is 11.4 Å². The number of rotatable bonds is 28. The lowest BCUT2D eigenvalue weighted by molar-refractivity contribution is -0.154. The van der Waals surface area contributed by atoms with Crippen molar-refractivity contribution in [1.29, 1.82) is 5.26 Å². The number of unbranched alkanes of at least 4 members (excludes halogenated alkanes) is 7. The van der Waals surface area contributed by atoms with E-state index < -0.39 is 5.60 Å². The van der Waals surface area contributed by atoms with Crippen LogP contribution in [0.1, 0.15) is 103 Å². The number of benzene rings is 2. The van der Waals surface area contributed by atoms with Gasteiger partial charge in [-0.05, 0) is 90.8 Å². The van der Waals surface area contributed by atoms with Crippen LogP contribution in [0.25, 0.3) is 10.9 Å². The topological polar surface area (TPSA) is 128 Å². The van der Waals surface area contributed by atoms with Crippen LogP contribution in [0.5, 0.6) is 17.2 Å². The number of aromatic nitrogens is 1. The van der Waals surface area contributed by atoms with Gasteiger partial charge < -0.3 is 43.5 Å². The predicted octanol–water partition coefficient (Wildman–Crippen LogP) is 10.2. The van der Waals surface area contributed by atoms with E-state index in [4.69, 9.17) is 51.6 Å². The molecule has 0 spiro atoms. The molecule has 0 amide bonds. The highest BCUT2D eigenvalue weighted by atomic mass is 35.5. The highest BCUT2D eigenvalue weighted by Gasteiger charge is 2.19. The third-order valence-electron chi connectivity index (χ3n) is 10.3. The van der Waals surface area contributed by atoms with E-state index in [9.17, 15) is 10.1 Å². The summed E-state index contributed by atoms with van der Waals surface area (Å²) in [6, 6.07) is 9.18. The summed E-state index contributed by atoms with van der Waals surface area (Å²) in [7, 11) is 3.13. The van der Waals surface area contributed by atoms with Crippen LogP contribution < -0.4 is 19.5 Å². The third-order valence-corrected chi connectivity index (χ3v) is 10.9. The van der Waals surface area contributed by atoms with E-state index in [1.807, 2.05) is 32.9 Å². The number of ether oxygens (including phenoxy) is 6. The molecule has 2 aromatic carbocycles. The van der Waals surface area contributed by atoms with Gasteiger partial charge in [-0.25, -0.2) is 0 Å². The van der Waals surface area contributed by atoms with Crippen molar-refractivity contribution in [2.24, 2.45) is 0 Å². The molecule has 1 aromatic heterocycles. The van der Waals surface area contributed by atoms with Crippen LogP contribution in [0, 0.1) is 11.3 Å². The summed E-state index contributed by atoms with van der Waals surface area (Å²) >= 11 is 12.7. The standard InChI is InChI=1S/C46H67Cl2N5O7/c1-46(2,3)60-44(54)17-10-8-13-25-58-27-15-9-14-26-57-24-12-7-6-11-18-52-20-22-53(23-21-52)19-16-28-59-43-31-39-36(29-42(43)56-5)45(35(33-49)34-50-39)51-40-32-41(55-4)38(48)30-37(40)47/h29-32,34H,6-28H2,1-5H3,(H,50,51). The number of halogens is 2. The largest absolute Gasteiger partial charge is 0.495 e. The molecule has 1 N–H and O–H groups in total. The monoisotopic (exact) mass is 871 g/mol. The fourth-order valence-corrected chi connectivity index (χ4v) is 7.55. The maximum atomic E-state index is 11.7. The molecule has 0 saturated carbocycles. The second-order valence-electron chi connectivity index (χ2n) is 16.3. The molecule has 2 heterocycles. The molecule has 14 heteroatoms. The number of nitriles is 1. The molecule has 0 bridgehead atoms. The molecule has 0 unspecified atom stereocenters. The molecule has 0 atom stereocenters. The Morgan fingerprint density at radius 2 is 1.32 bits per heavy atom. The van der Waals surface area contributed by atoms with Gasteiger partial charge in [0, 0.05) is 89.3 Å². The number of nitrogens with zero attached hydrogens (tertiary/aromatic N) is 4. The minimum absolute atomic E-state index is 0.112. The number of piperazine rings is 1. The van der Waals surface area contributed by atoms with E-state index in [0.29, 0.717) is 68.2 Å². The average molecular weight is 873 g/mol. The number of carbonyl (C=O) groups excluding carboxylic acids is 1. The van der Waals surface area contributed by atoms with Crippen LogP contribution in [-0.4, -0.2) is 113 Å². The Labute approximate surface area is 368 Å². The van der Waals surface area contributed by atoms with E-state index in [1.54, 1.807) is 19.2 Å². The fraction of sp³-hybridized carbons (Fsp3) is 0.630. The Kier molecular flexibility index (Phi) is 21.8. The van der Waals surface area contributed by atoms with E-state index >= 15 is 0 Å². The lowest BCUT2D eigenvalue weighted by Crippen LogP contribution is -2.46. The summed E-state index contributed by atoms with van der Waals surface area (Å²) < 4.78 is 34.2. The lowest BCUT2D eigenvalue weighted by atomic mass is 10.1. The highest BCUT2D eigenvalue weighted by molar-refractivity contribution is 6.37. The smallest absolute Gasteiger partial charge is 0.306 e. The first-order chi connectivity index (χ1) is 29.0. The van der Waals surface area contributed by atoms with Gasteiger partial charge in [0.15, 0.2) is 11.5 Å². The highest BCUT2D eigenvalue weighted by Crippen LogP contribution is 2.40. The first-order valence-corrected chi connectivity index (χ1v) is 22.4. The number of esters is 1. The van der Waals surface area contributed by atoms with Crippen LogP contribution in [0.15, 0.2) is 30.5 Å². The van der Waals surface area contributed by atoms with Gasteiger partial charge in [-0.15, -0.1) is 0 Å². The number of methoxy groups -OCH3 is 2. The summed E-state index contributed by atoms with van der Waals surface area (Å²) in [5.74, 6) is 1.50. The Morgan fingerprint density at radius 1 is 0.733 bits per heavy atom. The minimum atomic E-state index is -0.404. The maximum Gasteiger partial charge on any atom is 0.306 e. The number of carbonyl (C=O) groups is 1. The molecule has 0 aliphatic carbocycles. The zero-order valence-corrected chi connectivity index (χ0v) is 38.1. The van der Waals surface area contributed by atoms with Crippen molar-refractivity contribution in [3.05, 3.63) is 46.1 Å². The van der Waals surface area contributed by atoms with Gasteiger partial charge in [-0.2, -0.15) is 5.26 Å². The number of fused-ring (bicyclic) bond motifs is 1. The second-order valence-corrected chi connectivity index (χ2v) is 17.1. The molecule has 1 aliphatic rings. The molecular formula is C46H67Cl2N5O7. The predicted molar refractivity (Wildman–Crippen MR) is 241 cm³/mol. The third kappa shape index (κ3) is 17.4. The molecule has 332 valence electrons. The van der Waals surface area contributed by atoms with Crippen LogP contribution >= 0.6 is 23.2 Å². The minimum Gasteiger partial charge on any atom is -0.495 e. The zero-order chi connectivity index (χ0) is 43.2. The van der Waals surface area contributed by atoms with Crippen molar-refractivity contribution in [2.75, 3.05) is 91.8 Å². The van der Waals surface area contributed by atoms with Crippen LogP contribution in [0.2, 0.25) is 10.0 Å². The van der Waals surface area contributed by atoms with Gasteiger partial charge in [-0.3, -0.25) is 9.78 Å². The normalized spacial score (nSPS) is 13.6. The summed E-state index contributed by atoms with van der Waals surface area (Å²) in [5.41, 5.74) is 1.68. The molecule has 1 aliphatic heterocycles. The van der Waals surface area contributed by atoms with Gasteiger partial charge >= 0.3 is 5.97 Å². The lowest BCUT2D eigenvalue weighted by Gasteiger charge is -2.34. The van der Waals surface area contributed by atoms with Crippen molar-refractivity contribution in [3.63, 3.8) is 0 Å². The summed E-state index contributed by atoms with van der Waals surface area (Å²) in [4.78, 5) is 21.4. The van der Waals surface area contributed by atoms with Crippen LogP contribution in [-0.2, 0) is 19.0 Å². The van der Waals surface area contributed by atoms with Crippen molar-refractivity contribution < 1.29 is 33.2 Å². The molecule has 12 nitrogen and oxygen atoms in total. The molecule has 0 radical (unpaired) electrons. The molecule has 3 aromatic rings. The Balaban J connectivity index is 1.01. The number of pyridine rings is 1. The quantitative estimate of drug-likeness (QED) is 0.0551. The molecular weight excluding hydrogens is 805 g/mol. The molecule has 1 saturated heterocycles. The van der Waals surface area contributed by atoms with Crippen molar-refractivity contribution in [2.45, 2.75) is 103 Å². The first-order valence-electron chi connectivity index (χ1n) is 21.7. The van der Waals surface area contributed by atoms with E-state index in [-0.39, 0.29) is 5.97 Å². The number of hydrogen-bond acceptors (Lipinski definition) is 12. The fourth-order valence-electron chi connectivity index (χ4n) is 7.04. The maximum absolute atomic E-state index is 11.7. The van der Waals surface area contributed by atoms with Crippen LogP contribution in [0.3, 0.4) is 0 Å². The number of hydrogen-bond donors (Lipinski definition) is 1. The Hall–Kier alpha value is -3.57. The van der Waals surface area contributed by atoms with E-state index in [1.165, 1.54) is 32.6 Å². The molecule has 4 rings (SSSR count). The van der Waals surface area contributed by atoms with E-state index in [0.717, 1.165) is 117 Å². The first kappa shape index (κ1) is 49.1. The van der Waals surface area contributed by atoms with Gasteiger partial charge in [0.2, 0.25) is 0 Å².